The molecule has 0 saturated carbocycles. The van der Waals surface area contributed by atoms with Gasteiger partial charge in [-0.15, -0.1) is 0 Å². The van der Waals surface area contributed by atoms with Crippen molar-refractivity contribution >= 4 is 17.3 Å². The van der Waals surface area contributed by atoms with Crippen molar-refractivity contribution in [1.29, 1.82) is 0 Å². The van der Waals surface area contributed by atoms with Crippen LogP contribution in [0.4, 0.5) is 11.4 Å². The monoisotopic (exact) mass is 316 g/mol. The third-order valence-electron chi connectivity index (χ3n) is 3.80. The summed E-state index contributed by atoms with van der Waals surface area (Å²) in [5, 5.41) is 16.2. The van der Waals surface area contributed by atoms with Crippen LogP contribution >= 0.6 is 0 Å². The Morgan fingerprint density at radius 1 is 1.35 bits per heavy atom. The van der Waals surface area contributed by atoms with E-state index in [2.05, 4.69) is 10.4 Å². The number of aliphatic hydroxyl groups is 1. The van der Waals surface area contributed by atoms with Gasteiger partial charge in [-0.1, -0.05) is 0 Å². The Morgan fingerprint density at radius 2 is 2.00 bits per heavy atom. The number of hydrogen-bond donors (Lipinski definition) is 2. The van der Waals surface area contributed by atoms with E-state index in [9.17, 15) is 4.79 Å². The summed E-state index contributed by atoms with van der Waals surface area (Å²) in [5.41, 5.74) is 3.60. The number of aryl methyl sites for hydroxylation is 2. The predicted octanol–water partition coefficient (Wildman–Crippen LogP) is 2.13. The molecule has 0 saturated heterocycles. The van der Waals surface area contributed by atoms with E-state index in [4.69, 9.17) is 5.11 Å². The van der Waals surface area contributed by atoms with Crippen LogP contribution in [0.2, 0.25) is 0 Å². The maximum Gasteiger partial charge on any atom is 0.248 e. The number of aromatic nitrogens is 2. The molecule has 1 unspecified atom stereocenters. The van der Waals surface area contributed by atoms with Crippen molar-refractivity contribution in [2.45, 2.75) is 26.8 Å². The van der Waals surface area contributed by atoms with Gasteiger partial charge in [-0.25, -0.2) is 0 Å². The Labute approximate surface area is 136 Å². The standard InChI is InChI=1S/C17H24N4O2/c1-12-11-13(2)21(19-12)14(3)17(23)18-15-5-7-16(8-6-15)20(4)9-10-22/h5-8,11,14,22H,9-10H2,1-4H3,(H,18,23). The smallest absolute Gasteiger partial charge is 0.248 e. The average molecular weight is 316 g/mol. The second-order valence-electron chi connectivity index (χ2n) is 5.73. The maximum atomic E-state index is 12.4. The highest BCUT2D eigenvalue weighted by Crippen LogP contribution is 2.18. The number of nitrogens with zero attached hydrogens (tertiary/aromatic N) is 3. The van der Waals surface area contributed by atoms with Crippen molar-refractivity contribution in [3.8, 4) is 0 Å². The topological polar surface area (TPSA) is 70.4 Å². The molecule has 6 heteroatoms. The number of aliphatic hydroxyl groups excluding tert-OH is 1. The van der Waals surface area contributed by atoms with Crippen LogP contribution in [-0.4, -0.2) is 41.0 Å². The molecule has 1 heterocycles. The number of carbonyl (C=O) groups excluding carboxylic acids is 1. The van der Waals surface area contributed by atoms with Crippen LogP contribution in [0.5, 0.6) is 0 Å². The predicted molar refractivity (Wildman–Crippen MR) is 91.8 cm³/mol. The lowest BCUT2D eigenvalue weighted by Crippen LogP contribution is -2.25. The lowest BCUT2D eigenvalue weighted by atomic mass is 10.2. The highest BCUT2D eigenvalue weighted by atomic mass is 16.3. The summed E-state index contributed by atoms with van der Waals surface area (Å²) < 4.78 is 1.73. The van der Waals surface area contributed by atoms with Gasteiger partial charge in [0, 0.05) is 30.7 Å². The molecule has 0 bridgehead atoms. The fourth-order valence-electron chi connectivity index (χ4n) is 2.47. The first-order chi connectivity index (χ1) is 10.9. The van der Waals surface area contributed by atoms with Crippen LogP contribution < -0.4 is 10.2 Å². The molecule has 1 atom stereocenters. The van der Waals surface area contributed by atoms with Crippen LogP contribution in [0, 0.1) is 13.8 Å². The second-order valence-corrected chi connectivity index (χ2v) is 5.73. The third kappa shape index (κ3) is 4.10. The normalized spacial score (nSPS) is 12.0. The maximum absolute atomic E-state index is 12.4. The van der Waals surface area contributed by atoms with E-state index in [0.29, 0.717) is 6.54 Å². The van der Waals surface area contributed by atoms with Crippen molar-refractivity contribution in [3.05, 3.63) is 41.7 Å². The summed E-state index contributed by atoms with van der Waals surface area (Å²) in [4.78, 5) is 14.3. The number of hydrogen-bond acceptors (Lipinski definition) is 4. The molecule has 1 aromatic carbocycles. The van der Waals surface area contributed by atoms with Gasteiger partial charge in [0.05, 0.1) is 12.3 Å². The zero-order valence-corrected chi connectivity index (χ0v) is 14.1. The third-order valence-corrected chi connectivity index (χ3v) is 3.80. The van der Waals surface area contributed by atoms with Crippen LogP contribution in [0.25, 0.3) is 0 Å². The minimum atomic E-state index is -0.375. The first-order valence-electron chi connectivity index (χ1n) is 7.68. The van der Waals surface area contributed by atoms with Crippen LogP contribution in [0.15, 0.2) is 30.3 Å². The minimum absolute atomic E-state index is 0.104. The van der Waals surface area contributed by atoms with Gasteiger partial charge >= 0.3 is 0 Å². The summed E-state index contributed by atoms with van der Waals surface area (Å²) >= 11 is 0. The SMILES string of the molecule is Cc1cc(C)n(C(C)C(=O)Nc2ccc(N(C)CCO)cc2)n1. The van der Waals surface area contributed by atoms with E-state index >= 15 is 0 Å². The molecule has 0 aliphatic carbocycles. The molecular weight excluding hydrogens is 292 g/mol. The molecule has 124 valence electrons. The van der Waals surface area contributed by atoms with Gasteiger partial charge in [0.1, 0.15) is 6.04 Å². The van der Waals surface area contributed by atoms with Gasteiger partial charge in [-0.3, -0.25) is 9.48 Å². The molecule has 0 fully saturated rings. The Morgan fingerprint density at radius 3 is 2.52 bits per heavy atom. The average Bonchev–Trinajstić information content (AvgIpc) is 2.86. The molecule has 0 radical (unpaired) electrons. The summed E-state index contributed by atoms with van der Waals surface area (Å²) in [6.45, 7) is 6.36. The minimum Gasteiger partial charge on any atom is -0.395 e. The molecule has 2 rings (SSSR count). The number of benzene rings is 1. The number of carbonyl (C=O) groups is 1. The van der Waals surface area contributed by atoms with Gasteiger partial charge in [0.25, 0.3) is 0 Å². The largest absolute Gasteiger partial charge is 0.395 e. The van der Waals surface area contributed by atoms with Crippen LogP contribution in [-0.2, 0) is 4.79 Å². The highest BCUT2D eigenvalue weighted by Gasteiger charge is 2.18. The fourth-order valence-corrected chi connectivity index (χ4v) is 2.47. The van der Waals surface area contributed by atoms with E-state index in [1.807, 2.05) is 63.1 Å². The molecule has 23 heavy (non-hydrogen) atoms. The van der Waals surface area contributed by atoms with E-state index < -0.39 is 0 Å². The first kappa shape index (κ1) is 17.0. The summed E-state index contributed by atoms with van der Waals surface area (Å²) in [6, 6.07) is 9.12. The van der Waals surface area contributed by atoms with Gasteiger partial charge in [0.2, 0.25) is 5.91 Å². The van der Waals surface area contributed by atoms with Crippen LogP contribution in [0.3, 0.4) is 0 Å². The molecule has 0 aliphatic heterocycles. The van der Waals surface area contributed by atoms with Crippen LogP contribution in [0.1, 0.15) is 24.4 Å². The van der Waals surface area contributed by atoms with E-state index in [1.165, 1.54) is 0 Å². The number of nitrogens with one attached hydrogen (secondary N) is 1. The Balaban J connectivity index is 2.04. The van der Waals surface area contributed by atoms with E-state index in [0.717, 1.165) is 22.8 Å². The number of anilines is 2. The molecule has 2 N–H and O–H groups in total. The van der Waals surface area contributed by atoms with Crippen molar-refractivity contribution < 1.29 is 9.90 Å². The van der Waals surface area contributed by atoms with Crippen molar-refractivity contribution in [1.82, 2.24) is 9.78 Å². The van der Waals surface area contributed by atoms with Crippen molar-refractivity contribution in [2.24, 2.45) is 0 Å². The number of amides is 1. The summed E-state index contributed by atoms with van der Waals surface area (Å²) in [6.07, 6.45) is 0. The first-order valence-corrected chi connectivity index (χ1v) is 7.68. The van der Waals surface area contributed by atoms with Gasteiger partial charge in [-0.2, -0.15) is 5.10 Å². The molecule has 6 nitrogen and oxygen atoms in total. The highest BCUT2D eigenvalue weighted by molar-refractivity contribution is 5.93. The van der Waals surface area contributed by atoms with Crippen molar-refractivity contribution in [3.63, 3.8) is 0 Å². The summed E-state index contributed by atoms with van der Waals surface area (Å²) in [7, 11) is 1.91. The molecular formula is C17H24N4O2. The Kier molecular flexibility index (Phi) is 5.39. The second kappa shape index (κ2) is 7.28. The van der Waals surface area contributed by atoms with E-state index in [-0.39, 0.29) is 18.6 Å². The zero-order valence-electron chi connectivity index (χ0n) is 14.1. The zero-order chi connectivity index (χ0) is 17.0. The quantitative estimate of drug-likeness (QED) is 0.856. The fraction of sp³-hybridized carbons (Fsp3) is 0.412. The molecule has 0 aliphatic rings. The van der Waals surface area contributed by atoms with E-state index in [1.54, 1.807) is 4.68 Å². The number of likely N-dealkylation sites (N-methyl/N-ethyl adjacent to an activating group) is 1. The Bertz CT molecular complexity index is 664. The molecule has 1 aromatic heterocycles. The number of rotatable bonds is 6. The van der Waals surface area contributed by atoms with Gasteiger partial charge in [-0.05, 0) is 51.1 Å². The summed E-state index contributed by atoms with van der Waals surface area (Å²) in [5.74, 6) is -0.104. The van der Waals surface area contributed by atoms with Crippen molar-refractivity contribution in [2.75, 3.05) is 30.4 Å². The molecule has 1 amide bonds. The van der Waals surface area contributed by atoms with Gasteiger partial charge in [0.15, 0.2) is 0 Å². The lowest BCUT2D eigenvalue weighted by molar-refractivity contribution is -0.119. The lowest BCUT2D eigenvalue weighted by Gasteiger charge is -2.19. The molecule has 2 aromatic rings. The Hall–Kier alpha value is -2.34. The molecule has 0 spiro atoms. The van der Waals surface area contributed by atoms with Gasteiger partial charge < -0.3 is 15.3 Å².